The number of aromatic amines is 1. The minimum Gasteiger partial charge on any atom is -0.354 e. The number of halogens is 1. The number of carbonyl (C=O) groups is 1. The monoisotopic (exact) mass is 374 g/mol. The SMILES string of the molecule is Cc1ncc(C(=O)NCc2ccc3[nH]c(-c4ccc(F)cc4)c(C)c3c2)cn1. The van der Waals surface area contributed by atoms with Crippen LogP contribution in [0.15, 0.2) is 54.9 Å². The highest BCUT2D eigenvalue weighted by Crippen LogP contribution is 2.30. The topological polar surface area (TPSA) is 70.7 Å². The lowest BCUT2D eigenvalue weighted by Crippen LogP contribution is -2.23. The number of benzene rings is 2. The number of aryl methyl sites for hydroxylation is 2. The molecular weight excluding hydrogens is 355 g/mol. The van der Waals surface area contributed by atoms with E-state index in [0.717, 1.165) is 33.3 Å². The van der Waals surface area contributed by atoms with Gasteiger partial charge in [-0.25, -0.2) is 14.4 Å². The summed E-state index contributed by atoms with van der Waals surface area (Å²) in [6.07, 6.45) is 3.04. The summed E-state index contributed by atoms with van der Waals surface area (Å²) in [6.45, 7) is 4.21. The second-order valence-electron chi connectivity index (χ2n) is 6.71. The standard InChI is InChI=1S/C22H19FN4O/c1-13-19-9-15(10-26-22(28)17-11-24-14(2)25-12-17)3-8-20(19)27-21(13)16-4-6-18(23)7-5-16/h3-9,11-12,27H,10H2,1-2H3,(H,26,28). The molecule has 0 unspecified atom stereocenters. The van der Waals surface area contributed by atoms with Crippen LogP contribution >= 0.6 is 0 Å². The van der Waals surface area contributed by atoms with E-state index in [4.69, 9.17) is 0 Å². The van der Waals surface area contributed by atoms with Gasteiger partial charge in [0.1, 0.15) is 11.6 Å². The molecule has 0 radical (unpaired) electrons. The molecule has 2 N–H and O–H groups in total. The molecule has 0 fully saturated rings. The zero-order chi connectivity index (χ0) is 19.7. The smallest absolute Gasteiger partial charge is 0.254 e. The van der Waals surface area contributed by atoms with E-state index in [1.165, 1.54) is 24.5 Å². The Morgan fingerprint density at radius 1 is 1.07 bits per heavy atom. The first-order chi connectivity index (χ1) is 13.5. The highest BCUT2D eigenvalue weighted by Gasteiger charge is 2.11. The van der Waals surface area contributed by atoms with Crippen LogP contribution in [0.5, 0.6) is 0 Å². The fraction of sp³-hybridized carbons (Fsp3) is 0.136. The quantitative estimate of drug-likeness (QED) is 0.559. The van der Waals surface area contributed by atoms with Gasteiger partial charge in [-0.2, -0.15) is 0 Å². The third-order valence-electron chi connectivity index (χ3n) is 4.75. The summed E-state index contributed by atoms with van der Waals surface area (Å²) < 4.78 is 13.2. The van der Waals surface area contributed by atoms with Crippen LogP contribution in [0.4, 0.5) is 4.39 Å². The average Bonchev–Trinajstić information content (AvgIpc) is 3.03. The van der Waals surface area contributed by atoms with Gasteiger partial charge < -0.3 is 10.3 Å². The van der Waals surface area contributed by atoms with Gasteiger partial charge in [-0.1, -0.05) is 6.07 Å². The van der Waals surface area contributed by atoms with E-state index in [9.17, 15) is 9.18 Å². The highest BCUT2D eigenvalue weighted by molar-refractivity contribution is 5.94. The number of hydrogen-bond donors (Lipinski definition) is 2. The summed E-state index contributed by atoms with van der Waals surface area (Å²) in [5.41, 5.74) is 5.41. The molecule has 4 aromatic rings. The Kier molecular flexibility index (Phi) is 4.61. The van der Waals surface area contributed by atoms with Crippen molar-refractivity contribution in [3.8, 4) is 11.3 Å². The fourth-order valence-corrected chi connectivity index (χ4v) is 3.18. The summed E-state index contributed by atoms with van der Waals surface area (Å²) in [7, 11) is 0. The van der Waals surface area contributed by atoms with Gasteiger partial charge >= 0.3 is 0 Å². The van der Waals surface area contributed by atoms with E-state index in [1.54, 1.807) is 19.1 Å². The van der Waals surface area contributed by atoms with Crippen molar-refractivity contribution in [3.05, 3.63) is 83.2 Å². The van der Waals surface area contributed by atoms with Gasteiger partial charge in [0.05, 0.1) is 5.56 Å². The van der Waals surface area contributed by atoms with E-state index in [2.05, 4.69) is 26.3 Å². The van der Waals surface area contributed by atoms with Crippen molar-refractivity contribution < 1.29 is 9.18 Å². The van der Waals surface area contributed by atoms with E-state index >= 15 is 0 Å². The van der Waals surface area contributed by atoms with Gasteiger partial charge in [-0.15, -0.1) is 0 Å². The Bertz CT molecular complexity index is 1150. The van der Waals surface area contributed by atoms with Gasteiger partial charge in [0.15, 0.2) is 0 Å². The number of carbonyl (C=O) groups excluding carboxylic acids is 1. The minimum absolute atomic E-state index is 0.210. The van der Waals surface area contributed by atoms with Crippen LogP contribution in [0.1, 0.15) is 27.3 Å². The van der Waals surface area contributed by atoms with E-state index in [0.29, 0.717) is 17.9 Å². The van der Waals surface area contributed by atoms with Crippen molar-refractivity contribution in [1.82, 2.24) is 20.3 Å². The average molecular weight is 374 g/mol. The predicted molar refractivity (Wildman–Crippen MR) is 106 cm³/mol. The molecule has 0 bridgehead atoms. The largest absolute Gasteiger partial charge is 0.354 e. The van der Waals surface area contributed by atoms with Gasteiger partial charge in [-0.3, -0.25) is 4.79 Å². The van der Waals surface area contributed by atoms with E-state index < -0.39 is 0 Å². The maximum atomic E-state index is 13.2. The zero-order valence-electron chi connectivity index (χ0n) is 15.6. The first-order valence-electron chi connectivity index (χ1n) is 8.95. The van der Waals surface area contributed by atoms with Crippen molar-refractivity contribution in [2.75, 3.05) is 0 Å². The number of rotatable bonds is 4. The summed E-state index contributed by atoms with van der Waals surface area (Å²) in [4.78, 5) is 23.7. The van der Waals surface area contributed by atoms with Gasteiger partial charge in [0.25, 0.3) is 5.91 Å². The van der Waals surface area contributed by atoms with Gasteiger partial charge in [-0.05, 0) is 66.9 Å². The van der Waals surface area contributed by atoms with Crippen molar-refractivity contribution in [2.24, 2.45) is 0 Å². The molecule has 0 atom stereocenters. The molecule has 0 saturated carbocycles. The van der Waals surface area contributed by atoms with Crippen LogP contribution in [0.2, 0.25) is 0 Å². The lowest BCUT2D eigenvalue weighted by molar-refractivity contribution is 0.0950. The molecule has 0 aliphatic carbocycles. The van der Waals surface area contributed by atoms with Crippen molar-refractivity contribution in [2.45, 2.75) is 20.4 Å². The number of nitrogens with one attached hydrogen (secondary N) is 2. The Labute approximate surface area is 161 Å². The van der Waals surface area contributed by atoms with Crippen LogP contribution in [-0.4, -0.2) is 20.9 Å². The lowest BCUT2D eigenvalue weighted by Gasteiger charge is -2.06. The number of hydrogen-bond acceptors (Lipinski definition) is 3. The molecule has 0 saturated heterocycles. The Morgan fingerprint density at radius 3 is 2.50 bits per heavy atom. The molecule has 1 amide bonds. The molecular formula is C22H19FN4O. The maximum Gasteiger partial charge on any atom is 0.254 e. The molecule has 0 aliphatic heterocycles. The predicted octanol–water partition coefficient (Wildman–Crippen LogP) is 4.31. The Balaban J connectivity index is 1.56. The van der Waals surface area contributed by atoms with Crippen LogP contribution in [-0.2, 0) is 6.54 Å². The summed E-state index contributed by atoms with van der Waals surface area (Å²) in [5, 5.41) is 3.97. The number of amides is 1. The molecule has 0 spiro atoms. The van der Waals surface area contributed by atoms with Gasteiger partial charge in [0, 0.05) is 35.5 Å². The fourth-order valence-electron chi connectivity index (χ4n) is 3.18. The normalized spacial score (nSPS) is 11.0. The second-order valence-corrected chi connectivity index (χ2v) is 6.71. The first-order valence-corrected chi connectivity index (χ1v) is 8.95. The molecule has 6 heteroatoms. The molecule has 0 aliphatic rings. The van der Waals surface area contributed by atoms with E-state index in [1.807, 2.05) is 19.1 Å². The number of nitrogens with zero attached hydrogens (tertiary/aromatic N) is 2. The van der Waals surface area contributed by atoms with Crippen LogP contribution in [0.25, 0.3) is 22.2 Å². The van der Waals surface area contributed by atoms with E-state index in [-0.39, 0.29) is 11.7 Å². The van der Waals surface area contributed by atoms with Crippen molar-refractivity contribution in [1.29, 1.82) is 0 Å². The molecule has 2 heterocycles. The van der Waals surface area contributed by atoms with Crippen molar-refractivity contribution in [3.63, 3.8) is 0 Å². The van der Waals surface area contributed by atoms with Gasteiger partial charge in [0.2, 0.25) is 0 Å². The Morgan fingerprint density at radius 2 is 1.79 bits per heavy atom. The maximum absolute atomic E-state index is 13.2. The molecule has 28 heavy (non-hydrogen) atoms. The molecule has 2 aromatic carbocycles. The number of fused-ring (bicyclic) bond motifs is 1. The number of aromatic nitrogens is 3. The lowest BCUT2D eigenvalue weighted by atomic mass is 10.0. The minimum atomic E-state index is -0.255. The summed E-state index contributed by atoms with van der Waals surface area (Å²) in [5.74, 6) is 0.161. The zero-order valence-corrected chi connectivity index (χ0v) is 15.6. The second kappa shape index (κ2) is 7.23. The molecule has 140 valence electrons. The van der Waals surface area contributed by atoms with Crippen LogP contribution < -0.4 is 5.32 Å². The molecule has 2 aromatic heterocycles. The third kappa shape index (κ3) is 3.49. The Hall–Kier alpha value is -3.54. The van der Waals surface area contributed by atoms with Crippen molar-refractivity contribution >= 4 is 16.8 Å². The first kappa shape index (κ1) is 17.9. The molecule has 4 rings (SSSR count). The summed E-state index contributed by atoms with van der Waals surface area (Å²) >= 11 is 0. The molecule has 5 nitrogen and oxygen atoms in total. The highest BCUT2D eigenvalue weighted by atomic mass is 19.1. The van der Waals surface area contributed by atoms with Crippen LogP contribution in [0, 0.1) is 19.7 Å². The summed E-state index contributed by atoms with van der Waals surface area (Å²) in [6, 6.07) is 12.5. The third-order valence-corrected chi connectivity index (χ3v) is 4.75. The van der Waals surface area contributed by atoms with Crippen LogP contribution in [0.3, 0.4) is 0 Å². The number of H-pyrrole nitrogens is 1.